The van der Waals surface area contributed by atoms with Gasteiger partial charge in [-0.1, -0.05) is 31.9 Å². The van der Waals surface area contributed by atoms with Gasteiger partial charge in [-0.05, 0) is 48.3 Å². The lowest BCUT2D eigenvalue weighted by Gasteiger charge is -2.32. The Labute approximate surface area is 133 Å². The first-order valence-electron chi connectivity index (χ1n) is 8.17. The lowest BCUT2D eigenvalue weighted by atomic mass is 9.73. The van der Waals surface area contributed by atoms with Gasteiger partial charge in [-0.15, -0.1) is 0 Å². The second kappa shape index (κ2) is 6.50. The number of benzene rings is 1. The largest absolute Gasteiger partial charge is 0.211 e. The summed E-state index contributed by atoms with van der Waals surface area (Å²) in [6, 6.07) is 1.70. The van der Waals surface area contributed by atoms with Crippen LogP contribution in [0, 0.1) is 35.2 Å². The van der Waals surface area contributed by atoms with Crippen molar-refractivity contribution in [2.24, 2.45) is 17.8 Å². The highest BCUT2D eigenvalue weighted by atomic mass is 19.2. The molecule has 2 aliphatic rings. The molecule has 1 aromatic carbocycles. The van der Waals surface area contributed by atoms with Crippen LogP contribution in [0.2, 0.25) is 0 Å². The summed E-state index contributed by atoms with van der Waals surface area (Å²) in [5, 5.41) is 0. The Balaban J connectivity index is 1.79. The van der Waals surface area contributed by atoms with E-state index in [1.807, 2.05) is 6.08 Å². The molecule has 4 heteroatoms. The smallest absolute Gasteiger partial charge is 0.194 e. The van der Waals surface area contributed by atoms with Gasteiger partial charge in [-0.2, -0.15) is 0 Å². The van der Waals surface area contributed by atoms with Crippen LogP contribution in [0.25, 0.3) is 5.57 Å². The van der Waals surface area contributed by atoms with Crippen molar-refractivity contribution >= 4 is 5.57 Å². The zero-order chi connectivity index (χ0) is 16.6. The van der Waals surface area contributed by atoms with Crippen LogP contribution in [0.1, 0.15) is 44.6 Å². The van der Waals surface area contributed by atoms with Crippen molar-refractivity contribution in [3.63, 3.8) is 0 Å². The van der Waals surface area contributed by atoms with Crippen LogP contribution in [-0.4, -0.2) is 0 Å². The standard InChI is InChI=1S/C19H20F4/c1-11-2-4-12(5-3-11)13-6-7-15(16(20)8-13)14-9-17(21)19(23)18(22)10-14/h6-7,9-13H,2-5,8H2,1H3. The number of hydrogen-bond donors (Lipinski definition) is 0. The maximum absolute atomic E-state index is 14.5. The Kier molecular flexibility index (Phi) is 4.60. The molecule has 0 amide bonds. The van der Waals surface area contributed by atoms with Gasteiger partial charge >= 0.3 is 0 Å². The van der Waals surface area contributed by atoms with E-state index in [0.717, 1.165) is 30.9 Å². The Morgan fingerprint density at radius 3 is 2.09 bits per heavy atom. The molecule has 2 aliphatic carbocycles. The molecule has 0 spiro atoms. The van der Waals surface area contributed by atoms with Crippen LogP contribution in [-0.2, 0) is 0 Å². The topological polar surface area (TPSA) is 0 Å². The minimum atomic E-state index is -1.52. The Morgan fingerprint density at radius 2 is 1.52 bits per heavy atom. The summed E-state index contributed by atoms with van der Waals surface area (Å²) in [6.45, 7) is 2.24. The quantitative estimate of drug-likeness (QED) is 0.449. The maximum Gasteiger partial charge on any atom is 0.194 e. The molecule has 0 saturated heterocycles. The lowest BCUT2D eigenvalue weighted by Crippen LogP contribution is -2.21. The second-order valence-corrected chi connectivity index (χ2v) is 6.82. The molecule has 0 bridgehead atoms. The van der Waals surface area contributed by atoms with Crippen LogP contribution < -0.4 is 0 Å². The molecular formula is C19H20F4. The van der Waals surface area contributed by atoms with Gasteiger partial charge in [0.2, 0.25) is 0 Å². The molecule has 0 aliphatic heterocycles. The SMILES string of the molecule is CC1CCC(C2C=CC(c3cc(F)c(F)c(F)c3)=C(F)C2)CC1. The summed E-state index contributed by atoms with van der Waals surface area (Å²) in [6.07, 6.45) is 8.32. The van der Waals surface area contributed by atoms with Crippen molar-refractivity contribution in [3.05, 3.63) is 53.1 Å². The predicted octanol–water partition coefficient (Wildman–Crippen LogP) is 6.19. The third-order valence-corrected chi connectivity index (χ3v) is 5.18. The van der Waals surface area contributed by atoms with E-state index in [1.54, 1.807) is 6.08 Å². The molecule has 1 saturated carbocycles. The summed E-state index contributed by atoms with van der Waals surface area (Å²) in [4.78, 5) is 0. The number of halogens is 4. The normalized spacial score (nSPS) is 28.3. The first-order chi connectivity index (χ1) is 11.0. The molecule has 124 valence electrons. The zero-order valence-corrected chi connectivity index (χ0v) is 13.1. The molecule has 1 fully saturated rings. The van der Waals surface area contributed by atoms with E-state index in [-0.39, 0.29) is 29.3 Å². The van der Waals surface area contributed by atoms with E-state index in [0.29, 0.717) is 5.92 Å². The molecule has 1 unspecified atom stereocenters. The highest BCUT2D eigenvalue weighted by Crippen LogP contribution is 2.41. The lowest BCUT2D eigenvalue weighted by molar-refractivity contribution is 0.233. The summed E-state index contributed by atoms with van der Waals surface area (Å²) >= 11 is 0. The fraction of sp³-hybridized carbons (Fsp3) is 0.474. The molecule has 3 rings (SSSR count). The van der Waals surface area contributed by atoms with Gasteiger partial charge in [0.15, 0.2) is 17.5 Å². The molecule has 0 N–H and O–H groups in total. The number of rotatable bonds is 2. The molecule has 0 nitrogen and oxygen atoms in total. The van der Waals surface area contributed by atoms with E-state index in [1.165, 1.54) is 12.8 Å². The molecule has 0 heterocycles. The average molecular weight is 324 g/mol. The summed E-state index contributed by atoms with van der Waals surface area (Å²) < 4.78 is 54.2. The van der Waals surface area contributed by atoms with E-state index >= 15 is 0 Å². The van der Waals surface area contributed by atoms with Crippen molar-refractivity contribution in [2.45, 2.75) is 39.0 Å². The molecule has 1 aromatic rings. The van der Waals surface area contributed by atoms with Gasteiger partial charge in [0.1, 0.15) is 5.83 Å². The average Bonchev–Trinajstić information content (AvgIpc) is 2.53. The van der Waals surface area contributed by atoms with Gasteiger partial charge in [0, 0.05) is 12.0 Å². The fourth-order valence-electron chi connectivity index (χ4n) is 3.70. The van der Waals surface area contributed by atoms with E-state index < -0.39 is 17.5 Å². The van der Waals surface area contributed by atoms with Crippen LogP contribution >= 0.6 is 0 Å². The van der Waals surface area contributed by atoms with Gasteiger partial charge < -0.3 is 0 Å². The van der Waals surface area contributed by atoms with Gasteiger partial charge in [0.25, 0.3) is 0 Å². The van der Waals surface area contributed by atoms with Crippen molar-refractivity contribution in [1.82, 2.24) is 0 Å². The molecule has 0 aromatic heterocycles. The second-order valence-electron chi connectivity index (χ2n) is 6.82. The third kappa shape index (κ3) is 3.36. The van der Waals surface area contributed by atoms with Crippen molar-refractivity contribution in [1.29, 1.82) is 0 Å². The van der Waals surface area contributed by atoms with Crippen LogP contribution in [0.4, 0.5) is 17.6 Å². The zero-order valence-electron chi connectivity index (χ0n) is 13.1. The van der Waals surface area contributed by atoms with E-state index in [4.69, 9.17) is 0 Å². The Bertz CT molecular complexity index is 628. The van der Waals surface area contributed by atoms with Crippen LogP contribution in [0.5, 0.6) is 0 Å². The predicted molar refractivity (Wildman–Crippen MR) is 82.7 cm³/mol. The number of allylic oxidation sites excluding steroid dienone is 4. The molecule has 1 atom stereocenters. The highest BCUT2D eigenvalue weighted by molar-refractivity contribution is 5.76. The molecule has 23 heavy (non-hydrogen) atoms. The minimum absolute atomic E-state index is 0.0471. The van der Waals surface area contributed by atoms with E-state index in [2.05, 4.69) is 6.92 Å². The Morgan fingerprint density at radius 1 is 0.913 bits per heavy atom. The van der Waals surface area contributed by atoms with Gasteiger partial charge in [-0.25, -0.2) is 17.6 Å². The monoisotopic (exact) mass is 324 g/mol. The Hall–Kier alpha value is -1.58. The fourth-order valence-corrected chi connectivity index (χ4v) is 3.70. The summed E-state index contributed by atoms with van der Waals surface area (Å²) in [7, 11) is 0. The van der Waals surface area contributed by atoms with Gasteiger partial charge in [-0.3, -0.25) is 0 Å². The first kappa shape index (κ1) is 16.3. The number of hydrogen-bond acceptors (Lipinski definition) is 0. The summed E-state index contributed by atoms with van der Waals surface area (Å²) in [5.41, 5.74) is 0.203. The first-order valence-corrected chi connectivity index (χ1v) is 8.17. The summed E-state index contributed by atoms with van der Waals surface area (Å²) in [5.74, 6) is -3.14. The molecular weight excluding hydrogens is 304 g/mol. The highest BCUT2D eigenvalue weighted by Gasteiger charge is 2.28. The van der Waals surface area contributed by atoms with Crippen molar-refractivity contribution < 1.29 is 17.6 Å². The van der Waals surface area contributed by atoms with E-state index in [9.17, 15) is 17.6 Å². The van der Waals surface area contributed by atoms with Crippen LogP contribution in [0.3, 0.4) is 0 Å². The van der Waals surface area contributed by atoms with Crippen molar-refractivity contribution in [3.8, 4) is 0 Å². The third-order valence-electron chi connectivity index (χ3n) is 5.18. The maximum atomic E-state index is 14.5. The van der Waals surface area contributed by atoms with Crippen molar-refractivity contribution in [2.75, 3.05) is 0 Å². The minimum Gasteiger partial charge on any atom is -0.211 e. The van der Waals surface area contributed by atoms with Crippen LogP contribution in [0.15, 0.2) is 30.1 Å². The van der Waals surface area contributed by atoms with Gasteiger partial charge in [0.05, 0.1) is 0 Å². The molecule has 0 radical (unpaired) electrons.